The molecule has 2 aromatic carbocycles. The number of rotatable bonds is 6. The van der Waals surface area contributed by atoms with Gasteiger partial charge >= 0.3 is 0 Å². The van der Waals surface area contributed by atoms with Crippen LogP contribution >= 0.6 is 23.2 Å². The first-order valence-corrected chi connectivity index (χ1v) is 9.35. The molecular formula is C20H24Cl2N4O. The molecule has 0 aliphatic heterocycles. The second-order valence-electron chi connectivity index (χ2n) is 6.24. The predicted octanol–water partition coefficient (Wildman–Crippen LogP) is 3.60. The molecule has 0 spiro atoms. The third-order valence-electron chi connectivity index (χ3n) is 3.97. The Morgan fingerprint density at radius 1 is 1.11 bits per heavy atom. The zero-order chi connectivity index (χ0) is 19.8. The summed E-state index contributed by atoms with van der Waals surface area (Å²) >= 11 is 12.1. The molecule has 0 aromatic heterocycles. The van der Waals surface area contributed by atoms with Gasteiger partial charge in [0.2, 0.25) is 0 Å². The molecule has 0 saturated carbocycles. The van der Waals surface area contributed by atoms with Gasteiger partial charge in [-0.15, -0.1) is 0 Å². The molecule has 0 bridgehead atoms. The van der Waals surface area contributed by atoms with E-state index in [4.69, 9.17) is 23.2 Å². The number of hydrogen-bond donors (Lipinski definition) is 2. The summed E-state index contributed by atoms with van der Waals surface area (Å²) in [5.41, 5.74) is 2.72. The lowest BCUT2D eigenvalue weighted by molar-refractivity contribution is 0.0827. The smallest absolute Gasteiger partial charge is 0.253 e. The summed E-state index contributed by atoms with van der Waals surface area (Å²) in [4.78, 5) is 17.8. The van der Waals surface area contributed by atoms with Crippen LogP contribution in [-0.4, -0.2) is 44.5 Å². The molecule has 0 atom stereocenters. The number of carbonyl (C=O) groups is 1. The minimum absolute atomic E-state index is 0.00197. The zero-order valence-corrected chi connectivity index (χ0v) is 17.2. The van der Waals surface area contributed by atoms with Gasteiger partial charge in [-0.05, 0) is 41.8 Å². The highest BCUT2D eigenvalue weighted by Gasteiger charge is 2.08. The van der Waals surface area contributed by atoms with E-state index in [1.165, 1.54) is 0 Å². The molecule has 0 radical (unpaired) electrons. The number of hydrogen-bond acceptors (Lipinski definition) is 2. The van der Waals surface area contributed by atoms with Crippen molar-refractivity contribution in [1.29, 1.82) is 0 Å². The molecule has 1 amide bonds. The quantitative estimate of drug-likeness (QED) is 0.568. The topological polar surface area (TPSA) is 56.7 Å². The molecule has 7 heteroatoms. The summed E-state index contributed by atoms with van der Waals surface area (Å²) in [5, 5.41) is 7.72. The summed E-state index contributed by atoms with van der Waals surface area (Å²) in [7, 11) is 5.22. The van der Waals surface area contributed by atoms with E-state index in [1.54, 1.807) is 32.1 Å². The van der Waals surface area contributed by atoms with Crippen molar-refractivity contribution >= 4 is 35.1 Å². The Morgan fingerprint density at radius 3 is 2.56 bits per heavy atom. The van der Waals surface area contributed by atoms with Crippen molar-refractivity contribution in [2.24, 2.45) is 4.99 Å². The average molecular weight is 407 g/mol. The van der Waals surface area contributed by atoms with Crippen LogP contribution in [0.5, 0.6) is 0 Å². The van der Waals surface area contributed by atoms with Crippen LogP contribution in [0.3, 0.4) is 0 Å². The molecule has 5 nitrogen and oxygen atoms in total. The summed E-state index contributed by atoms with van der Waals surface area (Å²) < 4.78 is 0. The maximum Gasteiger partial charge on any atom is 0.253 e. The van der Waals surface area contributed by atoms with E-state index in [1.807, 2.05) is 36.4 Å². The Hall–Kier alpha value is -2.24. The Kier molecular flexibility index (Phi) is 7.95. The van der Waals surface area contributed by atoms with Gasteiger partial charge in [0.1, 0.15) is 0 Å². The van der Waals surface area contributed by atoms with Gasteiger partial charge in [-0.2, -0.15) is 0 Å². The largest absolute Gasteiger partial charge is 0.356 e. The second-order valence-corrected chi connectivity index (χ2v) is 7.08. The standard InChI is InChI=1S/C20H24Cl2N4O/c1-23-20(25-13-16-7-8-17(21)12-18(16)22)24-10-9-14-5-4-6-15(11-14)19(27)26(2)3/h4-8,11-12H,9-10,13H2,1-3H3,(H2,23,24,25). The molecule has 0 saturated heterocycles. The number of nitrogens with zero attached hydrogens (tertiary/aromatic N) is 2. The van der Waals surface area contributed by atoms with Crippen LogP contribution in [0.25, 0.3) is 0 Å². The fourth-order valence-electron chi connectivity index (χ4n) is 2.51. The van der Waals surface area contributed by atoms with E-state index in [0.717, 1.165) is 17.5 Å². The number of carbonyl (C=O) groups excluding carboxylic acids is 1. The van der Waals surface area contributed by atoms with E-state index in [9.17, 15) is 4.79 Å². The highest BCUT2D eigenvalue weighted by Crippen LogP contribution is 2.20. The van der Waals surface area contributed by atoms with E-state index in [0.29, 0.717) is 34.7 Å². The van der Waals surface area contributed by atoms with Crippen LogP contribution in [0.4, 0.5) is 0 Å². The first kappa shape index (κ1) is 21.1. The second kappa shape index (κ2) is 10.2. The highest BCUT2D eigenvalue weighted by molar-refractivity contribution is 6.35. The van der Waals surface area contributed by atoms with Crippen molar-refractivity contribution in [2.75, 3.05) is 27.7 Å². The van der Waals surface area contributed by atoms with Crippen molar-refractivity contribution < 1.29 is 4.79 Å². The van der Waals surface area contributed by atoms with Gasteiger partial charge < -0.3 is 15.5 Å². The van der Waals surface area contributed by atoms with Gasteiger partial charge in [0.05, 0.1) is 0 Å². The zero-order valence-electron chi connectivity index (χ0n) is 15.7. The first-order chi connectivity index (χ1) is 12.9. The van der Waals surface area contributed by atoms with Crippen LogP contribution in [0.1, 0.15) is 21.5 Å². The number of benzene rings is 2. The van der Waals surface area contributed by atoms with E-state index >= 15 is 0 Å². The van der Waals surface area contributed by atoms with Crippen molar-refractivity contribution in [1.82, 2.24) is 15.5 Å². The molecule has 2 aromatic rings. The number of aliphatic imine (C=N–C) groups is 1. The molecule has 0 aliphatic rings. The third-order valence-corrected chi connectivity index (χ3v) is 4.56. The van der Waals surface area contributed by atoms with Crippen LogP contribution in [0, 0.1) is 0 Å². The van der Waals surface area contributed by atoms with Gasteiger partial charge in [0.15, 0.2) is 5.96 Å². The number of amides is 1. The summed E-state index contributed by atoms with van der Waals surface area (Å²) in [6, 6.07) is 13.1. The summed E-state index contributed by atoms with van der Waals surface area (Å²) in [6.07, 6.45) is 0.775. The SMILES string of the molecule is CN=C(NCCc1cccc(C(=O)N(C)C)c1)NCc1ccc(Cl)cc1Cl. The lowest BCUT2D eigenvalue weighted by Gasteiger charge is -2.14. The van der Waals surface area contributed by atoms with Gasteiger partial charge in [0.25, 0.3) is 5.91 Å². The van der Waals surface area contributed by atoms with Gasteiger partial charge in [-0.1, -0.05) is 41.4 Å². The summed E-state index contributed by atoms with van der Waals surface area (Å²) in [5.74, 6) is 0.684. The predicted molar refractivity (Wildman–Crippen MR) is 113 cm³/mol. The monoisotopic (exact) mass is 406 g/mol. The molecule has 2 rings (SSSR count). The highest BCUT2D eigenvalue weighted by atomic mass is 35.5. The average Bonchev–Trinajstić information content (AvgIpc) is 2.65. The number of guanidine groups is 1. The molecule has 2 N–H and O–H groups in total. The van der Waals surface area contributed by atoms with Crippen molar-refractivity contribution in [3.63, 3.8) is 0 Å². The van der Waals surface area contributed by atoms with Crippen LogP contribution < -0.4 is 10.6 Å². The molecular weight excluding hydrogens is 383 g/mol. The molecule has 0 aliphatic carbocycles. The van der Waals surface area contributed by atoms with E-state index in [2.05, 4.69) is 15.6 Å². The fourth-order valence-corrected chi connectivity index (χ4v) is 2.98. The Labute approximate surface area is 170 Å². The third kappa shape index (κ3) is 6.45. The molecule has 144 valence electrons. The molecule has 0 heterocycles. The van der Waals surface area contributed by atoms with E-state index in [-0.39, 0.29) is 5.91 Å². The van der Waals surface area contributed by atoms with Crippen molar-refractivity contribution in [3.8, 4) is 0 Å². The minimum Gasteiger partial charge on any atom is -0.356 e. The number of nitrogens with one attached hydrogen (secondary N) is 2. The Balaban J connectivity index is 1.86. The van der Waals surface area contributed by atoms with Gasteiger partial charge in [0, 0.05) is 49.8 Å². The Bertz CT molecular complexity index is 821. The van der Waals surface area contributed by atoms with Gasteiger partial charge in [-0.3, -0.25) is 9.79 Å². The van der Waals surface area contributed by atoms with Crippen LogP contribution in [-0.2, 0) is 13.0 Å². The minimum atomic E-state index is 0.00197. The Morgan fingerprint density at radius 2 is 1.89 bits per heavy atom. The maximum absolute atomic E-state index is 12.1. The molecule has 0 unspecified atom stereocenters. The first-order valence-electron chi connectivity index (χ1n) is 8.59. The lowest BCUT2D eigenvalue weighted by atomic mass is 10.1. The van der Waals surface area contributed by atoms with Crippen molar-refractivity contribution in [3.05, 3.63) is 69.2 Å². The molecule has 27 heavy (non-hydrogen) atoms. The van der Waals surface area contributed by atoms with Crippen LogP contribution in [0.15, 0.2) is 47.5 Å². The number of halogens is 2. The van der Waals surface area contributed by atoms with Crippen LogP contribution in [0.2, 0.25) is 10.0 Å². The van der Waals surface area contributed by atoms with E-state index < -0.39 is 0 Å². The molecule has 0 fully saturated rings. The normalized spacial score (nSPS) is 11.2. The van der Waals surface area contributed by atoms with Gasteiger partial charge in [-0.25, -0.2) is 0 Å². The lowest BCUT2D eigenvalue weighted by Crippen LogP contribution is -2.37. The maximum atomic E-state index is 12.1. The van der Waals surface area contributed by atoms with Crippen molar-refractivity contribution in [2.45, 2.75) is 13.0 Å². The summed E-state index contributed by atoms with van der Waals surface area (Å²) in [6.45, 7) is 1.23. The fraction of sp³-hybridized carbons (Fsp3) is 0.300.